The second kappa shape index (κ2) is 7.18. The summed E-state index contributed by atoms with van der Waals surface area (Å²) in [5.74, 6) is -0.643. The zero-order chi connectivity index (χ0) is 17.8. The predicted molar refractivity (Wildman–Crippen MR) is 96.1 cm³/mol. The summed E-state index contributed by atoms with van der Waals surface area (Å²) >= 11 is 0. The maximum atomic E-state index is 12.5. The van der Waals surface area contributed by atoms with E-state index in [1.54, 1.807) is 29.2 Å². The van der Waals surface area contributed by atoms with E-state index in [1.807, 2.05) is 30.3 Å². The summed E-state index contributed by atoms with van der Waals surface area (Å²) in [6.45, 7) is 2.45. The van der Waals surface area contributed by atoms with Gasteiger partial charge in [-0.25, -0.2) is 0 Å². The summed E-state index contributed by atoms with van der Waals surface area (Å²) in [5, 5.41) is 11.7. The first-order valence-corrected chi connectivity index (χ1v) is 8.31. The first-order valence-electron chi connectivity index (χ1n) is 8.31. The van der Waals surface area contributed by atoms with E-state index >= 15 is 0 Å². The SMILES string of the molecule is CCc1ccc(N2CC(C(=O)Nc3cccc(C#N)c3)CC2=O)cc1. The van der Waals surface area contributed by atoms with Crippen LogP contribution in [0.3, 0.4) is 0 Å². The van der Waals surface area contributed by atoms with Crippen LogP contribution in [0, 0.1) is 17.2 Å². The maximum Gasteiger partial charge on any atom is 0.229 e. The molecule has 1 unspecified atom stereocenters. The van der Waals surface area contributed by atoms with Gasteiger partial charge in [0.2, 0.25) is 11.8 Å². The van der Waals surface area contributed by atoms with Gasteiger partial charge in [0.1, 0.15) is 0 Å². The van der Waals surface area contributed by atoms with Gasteiger partial charge >= 0.3 is 0 Å². The molecule has 5 heteroatoms. The standard InChI is InChI=1S/C20H19N3O2/c1-2-14-6-8-18(9-7-14)23-13-16(11-19(23)24)20(25)22-17-5-3-4-15(10-17)12-21/h3-10,16H,2,11,13H2,1H3,(H,22,25). The van der Waals surface area contributed by atoms with Gasteiger partial charge in [-0.1, -0.05) is 25.1 Å². The van der Waals surface area contributed by atoms with Gasteiger partial charge in [0.15, 0.2) is 0 Å². The number of carbonyl (C=O) groups excluding carboxylic acids is 2. The van der Waals surface area contributed by atoms with Crippen molar-refractivity contribution in [3.8, 4) is 6.07 Å². The molecule has 2 aromatic carbocycles. The smallest absolute Gasteiger partial charge is 0.229 e. The third-order valence-electron chi connectivity index (χ3n) is 4.41. The van der Waals surface area contributed by atoms with Gasteiger partial charge in [-0.2, -0.15) is 5.26 Å². The van der Waals surface area contributed by atoms with Gasteiger partial charge in [0.25, 0.3) is 0 Å². The van der Waals surface area contributed by atoms with Crippen LogP contribution in [0.15, 0.2) is 48.5 Å². The van der Waals surface area contributed by atoms with E-state index < -0.39 is 5.92 Å². The Hall–Kier alpha value is -3.13. The fourth-order valence-corrected chi connectivity index (χ4v) is 2.96. The first kappa shape index (κ1) is 16.7. The number of hydrogen-bond donors (Lipinski definition) is 1. The number of anilines is 2. The molecule has 1 fully saturated rings. The molecule has 1 aliphatic rings. The fourth-order valence-electron chi connectivity index (χ4n) is 2.96. The molecule has 0 spiro atoms. The van der Waals surface area contributed by atoms with E-state index in [1.165, 1.54) is 5.56 Å². The topological polar surface area (TPSA) is 73.2 Å². The van der Waals surface area contributed by atoms with Gasteiger partial charge in [0, 0.05) is 24.3 Å². The molecule has 0 radical (unpaired) electrons. The molecule has 126 valence electrons. The third kappa shape index (κ3) is 3.69. The van der Waals surface area contributed by atoms with Crippen LogP contribution < -0.4 is 10.2 Å². The van der Waals surface area contributed by atoms with Crippen molar-refractivity contribution in [3.05, 3.63) is 59.7 Å². The summed E-state index contributed by atoms with van der Waals surface area (Å²) in [6.07, 6.45) is 1.14. The highest BCUT2D eigenvalue weighted by atomic mass is 16.2. The summed E-state index contributed by atoms with van der Waals surface area (Å²) in [5.41, 5.74) is 3.09. The molecule has 1 saturated heterocycles. The number of rotatable bonds is 4. The number of nitriles is 1. The number of carbonyl (C=O) groups is 2. The zero-order valence-corrected chi connectivity index (χ0v) is 14.0. The zero-order valence-electron chi connectivity index (χ0n) is 14.0. The van der Waals surface area contributed by atoms with E-state index in [4.69, 9.17) is 5.26 Å². The molecule has 2 amide bonds. The molecule has 0 aliphatic carbocycles. The first-order chi connectivity index (χ1) is 12.1. The lowest BCUT2D eigenvalue weighted by Gasteiger charge is -2.17. The van der Waals surface area contributed by atoms with Crippen molar-refractivity contribution < 1.29 is 9.59 Å². The number of nitrogens with zero attached hydrogens (tertiary/aromatic N) is 2. The lowest BCUT2D eigenvalue weighted by atomic mass is 10.1. The number of hydrogen-bond acceptors (Lipinski definition) is 3. The van der Waals surface area contributed by atoms with Crippen LogP contribution in [0.4, 0.5) is 11.4 Å². The molecule has 0 aromatic heterocycles. The van der Waals surface area contributed by atoms with Crippen LogP contribution in [-0.2, 0) is 16.0 Å². The van der Waals surface area contributed by atoms with Crippen molar-refractivity contribution in [1.29, 1.82) is 5.26 Å². The van der Waals surface area contributed by atoms with Crippen LogP contribution in [-0.4, -0.2) is 18.4 Å². The Bertz CT molecular complexity index is 837. The van der Waals surface area contributed by atoms with Crippen molar-refractivity contribution in [2.75, 3.05) is 16.8 Å². The van der Waals surface area contributed by atoms with Crippen molar-refractivity contribution >= 4 is 23.2 Å². The number of amides is 2. The minimum Gasteiger partial charge on any atom is -0.326 e. The van der Waals surface area contributed by atoms with Crippen LogP contribution in [0.5, 0.6) is 0 Å². The van der Waals surface area contributed by atoms with Crippen LogP contribution in [0.1, 0.15) is 24.5 Å². The van der Waals surface area contributed by atoms with E-state index in [9.17, 15) is 9.59 Å². The van der Waals surface area contributed by atoms with Crippen molar-refractivity contribution in [1.82, 2.24) is 0 Å². The van der Waals surface area contributed by atoms with Crippen LogP contribution >= 0.6 is 0 Å². The van der Waals surface area contributed by atoms with E-state index in [0.29, 0.717) is 17.8 Å². The Morgan fingerprint density at radius 1 is 1.28 bits per heavy atom. The van der Waals surface area contributed by atoms with E-state index in [-0.39, 0.29) is 18.2 Å². The molecule has 25 heavy (non-hydrogen) atoms. The number of benzene rings is 2. The Morgan fingerprint density at radius 2 is 2.04 bits per heavy atom. The highest BCUT2D eigenvalue weighted by Gasteiger charge is 2.35. The summed E-state index contributed by atoms with van der Waals surface area (Å²) in [7, 11) is 0. The lowest BCUT2D eigenvalue weighted by Crippen LogP contribution is -2.28. The molecule has 1 N–H and O–H groups in total. The van der Waals surface area contributed by atoms with E-state index in [0.717, 1.165) is 12.1 Å². The predicted octanol–water partition coefficient (Wildman–Crippen LogP) is 3.11. The van der Waals surface area contributed by atoms with Gasteiger partial charge < -0.3 is 10.2 Å². The van der Waals surface area contributed by atoms with Crippen molar-refractivity contribution in [3.63, 3.8) is 0 Å². The minimum atomic E-state index is -0.399. The molecular weight excluding hydrogens is 314 g/mol. The Morgan fingerprint density at radius 3 is 2.72 bits per heavy atom. The molecule has 2 aromatic rings. The van der Waals surface area contributed by atoms with Crippen molar-refractivity contribution in [2.24, 2.45) is 5.92 Å². The quantitative estimate of drug-likeness (QED) is 0.934. The average molecular weight is 333 g/mol. The Balaban J connectivity index is 1.68. The van der Waals surface area contributed by atoms with Gasteiger partial charge in [-0.05, 0) is 42.3 Å². The maximum absolute atomic E-state index is 12.5. The Kier molecular flexibility index (Phi) is 4.80. The molecular formula is C20H19N3O2. The second-order valence-electron chi connectivity index (χ2n) is 6.11. The summed E-state index contributed by atoms with van der Waals surface area (Å²) in [4.78, 5) is 26.4. The molecule has 1 heterocycles. The van der Waals surface area contributed by atoms with Crippen LogP contribution in [0.2, 0.25) is 0 Å². The van der Waals surface area contributed by atoms with E-state index in [2.05, 4.69) is 12.2 Å². The lowest BCUT2D eigenvalue weighted by molar-refractivity contribution is -0.122. The number of aryl methyl sites for hydroxylation is 1. The van der Waals surface area contributed by atoms with Gasteiger partial charge in [-0.3, -0.25) is 9.59 Å². The molecule has 3 rings (SSSR count). The summed E-state index contributed by atoms with van der Waals surface area (Å²) < 4.78 is 0. The average Bonchev–Trinajstić information content (AvgIpc) is 3.04. The highest BCUT2D eigenvalue weighted by molar-refractivity contribution is 6.03. The summed E-state index contributed by atoms with van der Waals surface area (Å²) in [6, 6.07) is 16.6. The molecule has 0 bridgehead atoms. The molecule has 1 aliphatic heterocycles. The second-order valence-corrected chi connectivity index (χ2v) is 6.11. The fraction of sp³-hybridized carbons (Fsp3) is 0.250. The molecule has 5 nitrogen and oxygen atoms in total. The third-order valence-corrected chi connectivity index (χ3v) is 4.41. The monoisotopic (exact) mass is 333 g/mol. The van der Waals surface area contributed by atoms with Crippen LogP contribution in [0.25, 0.3) is 0 Å². The normalized spacial score (nSPS) is 16.6. The number of nitrogens with one attached hydrogen (secondary N) is 1. The van der Waals surface area contributed by atoms with Crippen molar-refractivity contribution in [2.45, 2.75) is 19.8 Å². The minimum absolute atomic E-state index is 0.0461. The Labute approximate surface area is 146 Å². The van der Waals surface area contributed by atoms with Gasteiger partial charge in [-0.15, -0.1) is 0 Å². The largest absolute Gasteiger partial charge is 0.326 e. The molecule has 1 atom stereocenters. The van der Waals surface area contributed by atoms with Gasteiger partial charge in [0.05, 0.1) is 17.6 Å². The highest BCUT2D eigenvalue weighted by Crippen LogP contribution is 2.26. The molecule has 0 saturated carbocycles.